The molecule has 0 bridgehead atoms. The minimum Gasteiger partial charge on any atom is -0.351 e. The third-order valence-electron chi connectivity index (χ3n) is 4.19. The second kappa shape index (κ2) is 5.33. The van der Waals surface area contributed by atoms with E-state index in [1.54, 1.807) is 0 Å². The first-order valence-electron chi connectivity index (χ1n) is 7.06. The molecule has 0 radical (unpaired) electrons. The molecule has 1 aromatic rings. The molecule has 1 aliphatic rings. The van der Waals surface area contributed by atoms with Crippen LogP contribution in [0.1, 0.15) is 54.1 Å². The molecule has 0 saturated heterocycles. The van der Waals surface area contributed by atoms with Crippen molar-refractivity contribution in [1.29, 1.82) is 0 Å². The molecule has 104 valence electrons. The van der Waals surface area contributed by atoms with Crippen molar-refractivity contribution >= 4 is 5.91 Å². The molecule has 0 heterocycles. The molecule has 3 heteroatoms. The predicted molar refractivity (Wildman–Crippen MR) is 78.3 cm³/mol. The number of aryl methyl sites for hydroxylation is 1. The SMILES string of the molecule is Cc1ccc(C(C)C)cc1C(=O)NCC1(CN)CC1. The average Bonchev–Trinajstić information content (AvgIpc) is 3.17. The summed E-state index contributed by atoms with van der Waals surface area (Å²) >= 11 is 0. The number of carbonyl (C=O) groups is 1. The first-order valence-corrected chi connectivity index (χ1v) is 7.06. The Morgan fingerprint density at radius 3 is 2.63 bits per heavy atom. The maximum Gasteiger partial charge on any atom is 0.251 e. The molecular formula is C16H24N2O. The molecular weight excluding hydrogens is 236 g/mol. The number of hydrogen-bond acceptors (Lipinski definition) is 2. The van der Waals surface area contributed by atoms with Crippen LogP contribution in [-0.4, -0.2) is 19.0 Å². The van der Waals surface area contributed by atoms with Crippen molar-refractivity contribution in [1.82, 2.24) is 5.32 Å². The molecule has 1 amide bonds. The Morgan fingerprint density at radius 1 is 1.42 bits per heavy atom. The van der Waals surface area contributed by atoms with Crippen LogP contribution in [0, 0.1) is 12.3 Å². The van der Waals surface area contributed by atoms with Crippen LogP contribution in [0.5, 0.6) is 0 Å². The summed E-state index contributed by atoms with van der Waals surface area (Å²) in [6, 6.07) is 6.14. The fourth-order valence-corrected chi connectivity index (χ4v) is 2.24. The summed E-state index contributed by atoms with van der Waals surface area (Å²) in [6.07, 6.45) is 2.27. The van der Waals surface area contributed by atoms with Gasteiger partial charge < -0.3 is 11.1 Å². The highest BCUT2D eigenvalue weighted by Gasteiger charge is 2.41. The van der Waals surface area contributed by atoms with Gasteiger partial charge in [-0.1, -0.05) is 26.0 Å². The third kappa shape index (κ3) is 3.16. The van der Waals surface area contributed by atoms with Crippen LogP contribution < -0.4 is 11.1 Å². The number of amides is 1. The second-order valence-corrected chi connectivity index (χ2v) is 6.12. The Hall–Kier alpha value is -1.35. The Kier molecular flexibility index (Phi) is 3.95. The monoisotopic (exact) mass is 260 g/mol. The summed E-state index contributed by atoms with van der Waals surface area (Å²) in [7, 11) is 0. The molecule has 0 aliphatic heterocycles. The number of nitrogens with one attached hydrogen (secondary N) is 1. The van der Waals surface area contributed by atoms with Gasteiger partial charge >= 0.3 is 0 Å². The predicted octanol–water partition coefficient (Wildman–Crippen LogP) is 2.59. The van der Waals surface area contributed by atoms with E-state index in [1.807, 2.05) is 19.1 Å². The standard InChI is InChI=1S/C16H24N2O/c1-11(2)13-5-4-12(3)14(8-13)15(19)18-10-16(9-17)6-7-16/h4-5,8,11H,6-7,9-10,17H2,1-3H3,(H,18,19). The molecule has 0 unspecified atom stereocenters. The normalized spacial score (nSPS) is 16.5. The van der Waals surface area contributed by atoms with Crippen molar-refractivity contribution in [2.75, 3.05) is 13.1 Å². The zero-order valence-corrected chi connectivity index (χ0v) is 12.1. The molecule has 0 spiro atoms. The van der Waals surface area contributed by atoms with Crippen molar-refractivity contribution in [3.8, 4) is 0 Å². The van der Waals surface area contributed by atoms with Crippen molar-refractivity contribution in [3.63, 3.8) is 0 Å². The molecule has 2 rings (SSSR count). The van der Waals surface area contributed by atoms with Gasteiger partial charge in [0.25, 0.3) is 5.91 Å². The Labute approximate surface area is 115 Å². The lowest BCUT2D eigenvalue weighted by molar-refractivity contribution is 0.0944. The number of carbonyl (C=O) groups excluding carboxylic acids is 1. The number of rotatable bonds is 5. The van der Waals surface area contributed by atoms with Gasteiger partial charge in [0.05, 0.1) is 0 Å². The number of benzene rings is 1. The van der Waals surface area contributed by atoms with Gasteiger partial charge in [-0.05, 0) is 49.4 Å². The van der Waals surface area contributed by atoms with Crippen LogP contribution in [0.15, 0.2) is 18.2 Å². The van der Waals surface area contributed by atoms with Crippen LogP contribution in [0.25, 0.3) is 0 Å². The Bertz CT molecular complexity index is 476. The first kappa shape index (κ1) is 14.1. The van der Waals surface area contributed by atoms with E-state index >= 15 is 0 Å². The highest BCUT2D eigenvalue weighted by Crippen LogP contribution is 2.43. The van der Waals surface area contributed by atoms with Gasteiger partial charge in [0, 0.05) is 17.5 Å². The Balaban J connectivity index is 2.07. The fraction of sp³-hybridized carbons (Fsp3) is 0.562. The van der Waals surface area contributed by atoms with Crippen LogP contribution in [-0.2, 0) is 0 Å². The fourth-order valence-electron chi connectivity index (χ4n) is 2.24. The maximum absolute atomic E-state index is 12.3. The molecule has 1 saturated carbocycles. The lowest BCUT2D eigenvalue weighted by Crippen LogP contribution is -2.34. The second-order valence-electron chi connectivity index (χ2n) is 6.12. The molecule has 0 atom stereocenters. The van der Waals surface area contributed by atoms with E-state index < -0.39 is 0 Å². The van der Waals surface area contributed by atoms with Gasteiger partial charge in [-0.25, -0.2) is 0 Å². The van der Waals surface area contributed by atoms with Crippen LogP contribution in [0.2, 0.25) is 0 Å². The topological polar surface area (TPSA) is 55.1 Å². The van der Waals surface area contributed by atoms with Crippen LogP contribution >= 0.6 is 0 Å². The summed E-state index contributed by atoms with van der Waals surface area (Å²) < 4.78 is 0. The van der Waals surface area contributed by atoms with E-state index in [2.05, 4.69) is 25.2 Å². The lowest BCUT2D eigenvalue weighted by Gasteiger charge is -2.15. The zero-order valence-electron chi connectivity index (χ0n) is 12.1. The lowest BCUT2D eigenvalue weighted by atomic mass is 9.97. The van der Waals surface area contributed by atoms with Crippen molar-refractivity contribution in [3.05, 3.63) is 34.9 Å². The average molecular weight is 260 g/mol. The minimum atomic E-state index is 0.0275. The third-order valence-corrected chi connectivity index (χ3v) is 4.19. The largest absolute Gasteiger partial charge is 0.351 e. The van der Waals surface area contributed by atoms with E-state index in [0.29, 0.717) is 19.0 Å². The molecule has 3 N–H and O–H groups in total. The summed E-state index contributed by atoms with van der Waals surface area (Å²) in [5.74, 6) is 0.464. The zero-order chi connectivity index (χ0) is 14.0. The number of nitrogens with two attached hydrogens (primary N) is 1. The maximum atomic E-state index is 12.3. The van der Waals surface area contributed by atoms with Crippen molar-refractivity contribution in [2.45, 2.75) is 39.5 Å². The smallest absolute Gasteiger partial charge is 0.251 e. The molecule has 3 nitrogen and oxygen atoms in total. The van der Waals surface area contributed by atoms with Gasteiger partial charge in [-0.2, -0.15) is 0 Å². The van der Waals surface area contributed by atoms with E-state index in [1.165, 1.54) is 5.56 Å². The summed E-state index contributed by atoms with van der Waals surface area (Å²) in [5.41, 5.74) is 8.94. The van der Waals surface area contributed by atoms with Gasteiger partial charge in [0.1, 0.15) is 0 Å². The van der Waals surface area contributed by atoms with E-state index in [4.69, 9.17) is 5.73 Å². The van der Waals surface area contributed by atoms with Crippen LogP contribution in [0.3, 0.4) is 0 Å². The van der Waals surface area contributed by atoms with Gasteiger partial charge in [0.15, 0.2) is 0 Å². The van der Waals surface area contributed by atoms with E-state index in [9.17, 15) is 4.79 Å². The minimum absolute atomic E-state index is 0.0275. The highest BCUT2D eigenvalue weighted by molar-refractivity contribution is 5.95. The van der Waals surface area contributed by atoms with Gasteiger partial charge in [0.2, 0.25) is 0 Å². The van der Waals surface area contributed by atoms with Gasteiger partial charge in [-0.3, -0.25) is 4.79 Å². The highest BCUT2D eigenvalue weighted by atomic mass is 16.1. The van der Waals surface area contributed by atoms with E-state index in [-0.39, 0.29) is 11.3 Å². The van der Waals surface area contributed by atoms with Crippen molar-refractivity contribution in [2.24, 2.45) is 11.1 Å². The molecule has 1 fully saturated rings. The number of hydrogen-bond donors (Lipinski definition) is 2. The summed E-state index contributed by atoms with van der Waals surface area (Å²) in [6.45, 7) is 7.63. The van der Waals surface area contributed by atoms with Crippen molar-refractivity contribution < 1.29 is 4.79 Å². The molecule has 19 heavy (non-hydrogen) atoms. The Morgan fingerprint density at radius 2 is 2.11 bits per heavy atom. The van der Waals surface area contributed by atoms with Crippen LogP contribution in [0.4, 0.5) is 0 Å². The molecule has 1 aromatic carbocycles. The first-order chi connectivity index (χ1) is 8.97. The summed E-state index contributed by atoms with van der Waals surface area (Å²) in [5, 5.41) is 3.04. The van der Waals surface area contributed by atoms with E-state index in [0.717, 1.165) is 24.0 Å². The quantitative estimate of drug-likeness (QED) is 0.855. The summed E-state index contributed by atoms with van der Waals surface area (Å²) in [4.78, 5) is 12.3. The molecule has 1 aliphatic carbocycles. The van der Waals surface area contributed by atoms with Gasteiger partial charge in [-0.15, -0.1) is 0 Å². The molecule has 0 aromatic heterocycles.